The predicted octanol–water partition coefficient (Wildman–Crippen LogP) is 4.17. The summed E-state index contributed by atoms with van der Waals surface area (Å²) in [4.78, 5) is 0. The van der Waals surface area contributed by atoms with Crippen LogP contribution < -0.4 is 5.32 Å². The fourth-order valence-corrected chi connectivity index (χ4v) is 4.33. The van der Waals surface area contributed by atoms with Crippen LogP contribution in [0.4, 0.5) is 0 Å². The molecule has 0 saturated carbocycles. The number of fused-ring (bicyclic) bond motifs is 4. The quantitative estimate of drug-likeness (QED) is 0.825. The van der Waals surface area contributed by atoms with Gasteiger partial charge in [0.1, 0.15) is 0 Å². The van der Waals surface area contributed by atoms with Gasteiger partial charge >= 0.3 is 0 Å². The first-order valence-corrected chi connectivity index (χ1v) is 8.11. The molecule has 1 heteroatoms. The summed E-state index contributed by atoms with van der Waals surface area (Å²) in [5.74, 6) is 0.713. The lowest BCUT2D eigenvalue weighted by atomic mass is 9.59. The first kappa shape index (κ1) is 13.1. The average Bonchev–Trinajstić information content (AvgIpc) is 2.51. The van der Waals surface area contributed by atoms with Gasteiger partial charge in [-0.1, -0.05) is 62.4 Å². The molecule has 1 aliphatic heterocycles. The van der Waals surface area contributed by atoms with E-state index in [0.717, 1.165) is 6.54 Å². The molecule has 2 unspecified atom stereocenters. The standard InChI is InChI=1S/C20H23N/c1-14-19-13-17-9-8-16(15-6-4-3-5-7-15)12-18(17)20(14,2)10-11-21-19/h3-9,12,14,19,21H,10-11,13H2,1-2H3/t14?,19?,20-/m1/s1. The van der Waals surface area contributed by atoms with Crippen LogP contribution in [0.25, 0.3) is 11.1 Å². The zero-order valence-electron chi connectivity index (χ0n) is 12.9. The van der Waals surface area contributed by atoms with Crippen LogP contribution in [0.3, 0.4) is 0 Å². The van der Waals surface area contributed by atoms with Gasteiger partial charge in [-0.15, -0.1) is 0 Å². The van der Waals surface area contributed by atoms with E-state index in [1.54, 1.807) is 11.1 Å². The molecule has 1 fully saturated rings. The van der Waals surface area contributed by atoms with Gasteiger partial charge < -0.3 is 5.32 Å². The van der Waals surface area contributed by atoms with E-state index in [4.69, 9.17) is 0 Å². The molecule has 1 aliphatic carbocycles. The fraction of sp³-hybridized carbons (Fsp3) is 0.400. The molecule has 0 radical (unpaired) electrons. The Labute approximate surface area is 127 Å². The van der Waals surface area contributed by atoms with Gasteiger partial charge in [-0.05, 0) is 53.0 Å². The minimum Gasteiger partial charge on any atom is -0.313 e. The summed E-state index contributed by atoms with van der Waals surface area (Å²) in [6, 6.07) is 18.5. The highest BCUT2D eigenvalue weighted by Crippen LogP contribution is 2.46. The van der Waals surface area contributed by atoms with Gasteiger partial charge in [0.2, 0.25) is 0 Å². The molecule has 4 rings (SSSR count). The molecular weight excluding hydrogens is 254 g/mol. The van der Waals surface area contributed by atoms with Crippen molar-refractivity contribution in [2.75, 3.05) is 6.54 Å². The zero-order chi connectivity index (χ0) is 14.4. The van der Waals surface area contributed by atoms with Crippen molar-refractivity contribution in [3.63, 3.8) is 0 Å². The number of piperidine rings is 1. The van der Waals surface area contributed by atoms with Gasteiger partial charge in [-0.25, -0.2) is 0 Å². The second kappa shape index (κ2) is 4.71. The average molecular weight is 277 g/mol. The zero-order valence-corrected chi connectivity index (χ0v) is 12.9. The van der Waals surface area contributed by atoms with E-state index in [1.165, 1.54) is 24.0 Å². The van der Waals surface area contributed by atoms with E-state index in [9.17, 15) is 0 Å². The maximum atomic E-state index is 3.71. The van der Waals surface area contributed by atoms with E-state index in [0.29, 0.717) is 17.4 Å². The van der Waals surface area contributed by atoms with E-state index in [2.05, 4.69) is 67.7 Å². The van der Waals surface area contributed by atoms with E-state index in [-0.39, 0.29) is 0 Å². The summed E-state index contributed by atoms with van der Waals surface area (Å²) in [5, 5.41) is 3.71. The number of hydrogen-bond donors (Lipinski definition) is 1. The van der Waals surface area contributed by atoms with E-state index in [1.807, 2.05) is 0 Å². The van der Waals surface area contributed by atoms with Crippen molar-refractivity contribution in [1.29, 1.82) is 0 Å². The molecule has 1 N–H and O–H groups in total. The van der Waals surface area contributed by atoms with Crippen LogP contribution >= 0.6 is 0 Å². The number of benzene rings is 2. The van der Waals surface area contributed by atoms with Crippen LogP contribution in [-0.4, -0.2) is 12.6 Å². The third kappa shape index (κ3) is 1.95. The molecule has 108 valence electrons. The van der Waals surface area contributed by atoms with Crippen LogP contribution in [0.1, 0.15) is 31.4 Å². The van der Waals surface area contributed by atoms with Gasteiger partial charge in [0, 0.05) is 6.04 Å². The van der Waals surface area contributed by atoms with Crippen molar-refractivity contribution in [3.8, 4) is 11.1 Å². The lowest BCUT2D eigenvalue weighted by Gasteiger charge is -2.50. The second-order valence-electron chi connectivity index (χ2n) is 6.96. The summed E-state index contributed by atoms with van der Waals surface area (Å²) < 4.78 is 0. The van der Waals surface area contributed by atoms with Gasteiger partial charge in [0.25, 0.3) is 0 Å². The Morgan fingerprint density at radius 2 is 1.86 bits per heavy atom. The lowest BCUT2D eigenvalue weighted by molar-refractivity contribution is 0.158. The maximum Gasteiger partial charge on any atom is 0.0142 e. The highest BCUT2D eigenvalue weighted by molar-refractivity contribution is 5.66. The van der Waals surface area contributed by atoms with Crippen molar-refractivity contribution in [2.24, 2.45) is 5.92 Å². The van der Waals surface area contributed by atoms with Gasteiger partial charge in [0.05, 0.1) is 0 Å². The summed E-state index contributed by atoms with van der Waals surface area (Å²) in [6.45, 7) is 6.05. The lowest BCUT2D eigenvalue weighted by Crippen LogP contribution is -2.56. The fourth-order valence-electron chi connectivity index (χ4n) is 4.33. The van der Waals surface area contributed by atoms with Crippen LogP contribution in [0.2, 0.25) is 0 Å². The molecule has 2 aromatic rings. The molecule has 2 aliphatic rings. The van der Waals surface area contributed by atoms with E-state index >= 15 is 0 Å². The molecule has 2 aromatic carbocycles. The number of rotatable bonds is 1. The van der Waals surface area contributed by atoms with E-state index < -0.39 is 0 Å². The molecular formula is C20H23N. The van der Waals surface area contributed by atoms with Crippen LogP contribution in [0, 0.1) is 5.92 Å². The van der Waals surface area contributed by atoms with Gasteiger partial charge in [-0.2, -0.15) is 0 Å². The Morgan fingerprint density at radius 3 is 2.67 bits per heavy atom. The molecule has 0 amide bonds. The SMILES string of the molecule is CC1C2Cc3ccc(-c4ccccc4)cc3[C@]1(C)CCN2. The number of nitrogens with one attached hydrogen (secondary N) is 1. The molecule has 1 heterocycles. The highest BCUT2D eigenvalue weighted by Gasteiger charge is 2.45. The normalized spacial score (nSPS) is 30.8. The minimum absolute atomic E-state index is 0.328. The monoisotopic (exact) mass is 277 g/mol. The summed E-state index contributed by atoms with van der Waals surface area (Å²) >= 11 is 0. The largest absolute Gasteiger partial charge is 0.313 e. The molecule has 3 atom stereocenters. The van der Waals surface area contributed by atoms with Crippen molar-refractivity contribution < 1.29 is 0 Å². The molecule has 1 saturated heterocycles. The second-order valence-corrected chi connectivity index (χ2v) is 6.96. The molecule has 0 spiro atoms. The Morgan fingerprint density at radius 1 is 1.05 bits per heavy atom. The summed E-state index contributed by atoms with van der Waals surface area (Å²) in [7, 11) is 0. The van der Waals surface area contributed by atoms with Gasteiger partial charge in [-0.3, -0.25) is 0 Å². The van der Waals surface area contributed by atoms with Crippen molar-refractivity contribution in [1.82, 2.24) is 5.32 Å². The third-order valence-corrected chi connectivity index (χ3v) is 5.93. The smallest absolute Gasteiger partial charge is 0.0142 e. The van der Waals surface area contributed by atoms with Gasteiger partial charge in [0.15, 0.2) is 0 Å². The first-order chi connectivity index (χ1) is 10.2. The molecule has 0 aromatic heterocycles. The topological polar surface area (TPSA) is 12.0 Å². The number of hydrogen-bond acceptors (Lipinski definition) is 1. The summed E-state index contributed by atoms with van der Waals surface area (Å²) in [6.07, 6.45) is 2.43. The molecule has 21 heavy (non-hydrogen) atoms. The Hall–Kier alpha value is -1.60. The van der Waals surface area contributed by atoms with Crippen molar-refractivity contribution >= 4 is 0 Å². The highest BCUT2D eigenvalue weighted by atomic mass is 14.9. The molecule has 1 nitrogen and oxygen atoms in total. The molecule has 2 bridgehead atoms. The first-order valence-electron chi connectivity index (χ1n) is 8.11. The third-order valence-electron chi connectivity index (χ3n) is 5.93. The van der Waals surface area contributed by atoms with Crippen molar-refractivity contribution in [3.05, 3.63) is 59.7 Å². The summed E-state index contributed by atoms with van der Waals surface area (Å²) in [5.41, 5.74) is 6.16. The van der Waals surface area contributed by atoms with Crippen molar-refractivity contribution in [2.45, 2.75) is 38.1 Å². The van der Waals surface area contributed by atoms with Crippen LogP contribution in [0.15, 0.2) is 48.5 Å². The van der Waals surface area contributed by atoms with Crippen LogP contribution in [0.5, 0.6) is 0 Å². The Bertz CT molecular complexity index is 661. The minimum atomic E-state index is 0.328. The van der Waals surface area contributed by atoms with Crippen LogP contribution in [-0.2, 0) is 11.8 Å². The Kier molecular flexibility index (Phi) is 2.93. The predicted molar refractivity (Wildman–Crippen MR) is 88.5 cm³/mol. The Balaban J connectivity index is 1.85. The maximum absolute atomic E-state index is 3.71.